The van der Waals surface area contributed by atoms with E-state index in [0.717, 1.165) is 43.2 Å². The average Bonchev–Trinajstić information content (AvgIpc) is 2.89. The number of nitrogens with zero attached hydrogens (tertiary/aromatic N) is 1. The number of fused-ring (bicyclic) bond motifs is 1. The molecule has 1 fully saturated rings. The molecule has 0 unspecified atom stereocenters. The van der Waals surface area contributed by atoms with Crippen LogP contribution in [0.25, 0.3) is 0 Å². The van der Waals surface area contributed by atoms with E-state index in [1.54, 1.807) is 12.1 Å². The number of carbonyl (C=O) groups is 1. The van der Waals surface area contributed by atoms with Gasteiger partial charge >= 0.3 is 6.09 Å². The van der Waals surface area contributed by atoms with Crippen LogP contribution >= 0.6 is 11.6 Å². The lowest BCUT2D eigenvalue weighted by Crippen LogP contribution is -2.57. The summed E-state index contributed by atoms with van der Waals surface area (Å²) in [5.74, 6) is 0.225. The van der Waals surface area contributed by atoms with Crippen molar-refractivity contribution in [1.82, 2.24) is 15.6 Å². The second-order valence-corrected chi connectivity index (χ2v) is 22.6. The van der Waals surface area contributed by atoms with E-state index in [2.05, 4.69) is 71.3 Å². The minimum Gasteiger partial charge on any atom is -0.471 e. The number of carbonyl (C=O) groups excluding carboxylic acids is 1. The average molecular weight is 690 g/mol. The molecule has 2 N–H and O–H groups in total. The normalized spacial score (nSPS) is 19.3. The Kier molecular flexibility index (Phi) is 11.2. The molecule has 7 nitrogen and oxygen atoms in total. The highest BCUT2D eigenvalue weighted by Crippen LogP contribution is 2.48. The summed E-state index contributed by atoms with van der Waals surface area (Å²) in [7, 11) is -2.34. The van der Waals surface area contributed by atoms with Crippen molar-refractivity contribution in [3.05, 3.63) is 58.0 Å². The monoisotopic (exact) mass is 689 g/mol. The van der Waals surface area contributed by atoms with Gasteiger partial charge in [-0.05, 0) is 106 Å². The third-order valence-electron chi connectivity index (χ3n) is 9.61. The second kappa shape index (κ2) is 14.0. The highest BCUT2D eigenvalue weighted by molar-refractivity contribution is 6.74. The van der Waals surface area contributed by atoms with Crippen LogP contribution in [0.2, 0.25) is 23.2 Å². The number of nitrogens with one attached hydrogen (secondary N) is 2. The summed E-state index contributed by atoms with van der Waals surface area (Å²) in [5, 5.41) is 6.97. The number of aromatic nitrogens is 1. The van der Waals surface area contributed by atoms with Crippen LogP contribution in [0, 0.1) is 11.2 Å². The Hall–Kier alpha value is -2.20. The first-order valence-electron chi connectivity index (χ1n) is 17.1. The molecule has 10 heteroatoms. The van der Waals surface area contributed by atoms with E-state index in [1.165, 1.54) is 11.6 Å². The largest absolute Gasteiger partial charge is 0.471 e. The Morgan fingerprint density at radius 1 is 1.11 bits per heavy atom. The Morgan fingerprint density at radius 3 is 2.34 bits per heavy atom. The Bertz CT molecular complexity index is 1410. The van der Waals surface area contributed by atoms with Crippen molar-refractivity contribution in [2.75, 3.05) is 6.54 Å². The molecule has 47 heavy (non-hydrogen) atoms. The third kappa shape index (κ3) is 10.2. The molecule has 1 spiro atoms. The Morgan fingerprint density at radius 2 is 1.79 bits per heavy atom. The van der Waals surface area contributed by atoms with Gasteiger partial charge in [0.05, 0.1) is 17.2 Å². The number of pyridine rings is 1. The lowest BCUT2D eigenvalue weighted by molar-refractivity contribution is -0.0419. The number of amides is 1. The van der Waals surface area contributed by atoms with Crippen LogP contribution in [0.3, 0.4) is 0 Å². The van der Waals surface area contributed by atoms with E-state index in [1.807, 2.05) is 27.0 Å². The van der Waals surface area contributed by atoms with Gasteiger partial charge in [-0.3, -0.25) is 0 Å². The SMILES string of the molecule is CC(C)(C)Cc1cnc2c(c1)[C@@H](NC[C@@H](O[Si](C)(C)C(C)(C)C)[C@H](Cc1ccc(F)c(Cl)c1)NC(=O)OC(C)(C)C)CC1(CCC1)O2. The third-order valence-corrected chi connectivity index (χ3v) is 14.4. The van der Waals surface area contributed by atoms with Crippen LogP contribution in [0.1, 0.15) is 111 Å². The number of hydrogen-bond donors (Lipinski definition) is 2. The standard InChI is InChI=1S/C37H57ClFN3O4Si/c1-34(2,3)20-25-17-26-30(21-37(15-12-16-37)44-32(26)41-22-25)40-23-31(46-47(10,11)36(7,8)9)29(42-33(43)45-35(4,5)6)19-24-13-14-28(39)27(38)18-24/h13-14,17-18,22,29-31,40H,12,15-16,19-21,23H2,1-11H3,(H,42,43)/t29-,30-,31+/m0/s1. The molecule has 4 rings (SSSR count). The number of rotatable bonds is 10. The van der Waals surface area contributed by atoms with Gasteiger partial charge in [-0.15, -0.1) is 0 Å². The van der Waals surface area contributed by atoms with E-state index >= 15 is 0 Å². The molecule has 1 saturated carbocycles. The zero-order valence-electron chi connectivity index (χ0n) is 30.4. The van der Waals surface area contributed by atoms with Crippen molar-refractivity contribution >= 4 is 26.0 Å². The quantitative estimate of drug-likeness (QED) is 0.242. The zero-order valence-corrected chi connectivity index (χ0v) is 32.2. The molecule has 1 aliphatic carbocycles. The van der Waals surface area contributed by atoms with Gasteiger partial charge in [-0.25, -0.2) is 14.2 Å². The molecular formula is C37H57ClFN3O4Si. The molecule has 1 aliphatic heterocycles. The maximum Gasteiger partial charge on any atom is 0.407 e. The van der Waals surface area contributed by atoms with Crippen LogP contribution in [-0.4, -0.2) is 49.3 Å². The van der Waals surface area contributed by atoms with Crippen molar-refractivity contribution < 1.29 is 23.1 Å². The smallest absolute Gasteiger partial charge is 0.407 e. The predicted octanol–water partition coefficient (Wildman–Crippen LogP) is 9.33. The molecule has 1 aromatic carbocycles. The first-order chi connectivity index (χ1) is 21.5. The molecule has 2 heterocycles. The van der Waals surface area contributed by atoms with Crippen LogP contribution in [0.5, 0.6) is 5.88 Å². The number of halogens is 2. The predicted molar refractivity (Wildman–Crippen MR) is 190 cm³/mol. The minimum absolute atomic E-state index is 0.000531. The maximum atomic E-state index is 14.1. The molecule has 0 bridgehead atoms. The Balaban J connectivity index is 1.70. The summed E-state index contributed by atoms with van der Waals surface area (Å²) in [4.78, 5) is 18.1. The highest BCUT2D eigenvalue weighted by Gasteiger charge is 2.47. The van der Waals surface area contributed by atoms with E-state index in [9.17, 15) is 9.18 Å². The van der Waals surface area contributed by atoms with Gasteiger partial charge in [-0.2, -0.15) is 0 Å². The van der Waals surface area contributed by atoms with Gasteiger partial charge in [0.1, 0.15) is 17.0 Å². The number of alkyl carbamates (subject to hydrolysis) is 1. The molecule has 2 aromatic rings. The van der Waals surface area contributed by atoms with Gasteiger partial charge in [-0.1, -0.05) is 59.2 Å². The molecule has 2 aliphatic rings. The molecule has 1 amide bonds. The van der Waals surface area contributed by atoms with Gasteiger partial charge in [0.2, 0.25) is 5.88 Å². The minimum atomic E-state index is -2.34. The number of ether oxygens (including phenoxy) is 2. The molecule has 0 saturated heterocycles. The number of benzene rings is 1. The fourth-order valence-electron chi connectivity index (χ4n) is 6.08. The fraction of sp³-hybridized carbons (Fsp3) is 0.676. The first kappa shape index (κ1) is 37.6. The van der Waals surface area contributed by atoms with Gasteiger partial charge in [0, 0.05) is 30.8 Å². The summed E-state index contributed by atoms with van der Waals surface area (Å²) < 4.78 is 33.5. The van der Waals surface area contributed by atoms with Gasteiger partial charge < -0.3 is 24.5 Å². The van der Waals surface area contributed by atoms with Crippen molar-refractivity contribution in [2.45, 2.75) is 148 Å². The first-order valence-corrected chi connectivity index (χ1v) is 20.4. The van der Waals surface area contributed by atoms with E-state index < -0.39 is 38.0 Å². The number of hydrogen-bond acceptors (Lipinski definition) is 6. The van der Waals surface area contributed by atoms with E-state index in [4.69, 9.17) is 30.5 Å². The van der Waals surface area contributed by atoms with E-state index in [-0.39, 0.29) is 27.1 Å². The van der Waals surface area contributed by atoms with Crippen LogP contribution < -0.4 is 15.4 Å². The summed E-state index contributed by atoms with van der Waals surface area (Å²) in [6, 6.07) is 6.45. The zero-order chi connectivity index (χ0) is 35.0. The molecule has 3 atom stereocenters. The fourth-order valence-corrected chi connectivity index (χ4v) is 7.64. The van der Waals surface area contributed by atoms with Gasteiger partial charge in [0.15, 0.2) is 8.32 Å². The molecular weight excluding hydrogens is 633 g/mol. The summed E-state index contributed by atoms with van der Waals surface area (Å²) in [6.07, 6.45) is 6.28. The molecule has 262 valence electrons. The van der Waals surface area contributed by atoms with Crippen molar-refractivity contribution in [2.24, 2.45) is 5.41 Å². The van der Waals surface area contributed by atoms with E-state index in [0.29, 0.717) is 18.8 Å². The maximum absolute atomic E-state index is 14.1. The highest BCUT2D eigenvalue weighted by atomic mass is 35.5. The molecule has 1 aromatic heterocycles. The second-order valence-electron chi connectivity index (χ2n) is 17.4. The van der Waals surface area contributed by atoms with Crippen molar-refractivity contribution in [3.63, 3.8) is 0 Å². The summed E-state index contributed by atoms with van der Waals surface area (Å²) >= 11 is 6.20. The lowest BCUT2D eigenvalue weighted by Gasteiger charge is -2.48. The van der Waals surface area contributed by atoms with Crippen molar-refractivity contribution in [1.29, 1.82) is 0 Å². The summed E-state index contributed by atoms with van der Waals surface area (Å²) in [5.41, 5.74) is 2.28. The topological polar surface area (TPSA) is 81.7 Å². The van der Waals surface area contributed by atoms with Crippen LogP contribution in [0.15, 0.2) is 30.5 Å². The summed E-state index contributed by atoms with van der Waals surface area (Å²) in [6.45, 7) is 23.7. The van der Waals surface area contributed by atoms with Crippen LogP contribution in [-0.2, 0) is 22.0 Å². The Labute approximate surface area is 288 Å². The van der Waals surface area contributed by atoms with Crippen molar-refractivity contribution in [3.8, 4) is 5.88 Å². The van der Waals surface area contributed by atoms with Gasteiger partial charge in [0.25, 0.3) is 0 Å². The van der Waals surface area contributed by atoms with Crippen LogP contribution in [0.4, 0.5) is 9.18 Å². The lowest BCUT2D eigenvalue weighted by atomic mass is 9.73. The molecule has 0 radical (unpaired) electrons.